The number of carbonyl (C=O) groups is 3. The topological polar surface area (TPSA) is 95.5 Å². The molecule has 1 fully saturated rings. The fourth-order valence-electron chi connectivity index (χ4n) is 4.79. The van der Waals surface area contributed by atoms with Gasteiger partial charge in [-0.05, 0) is 42.2 Å². The smallest absolute Gasteiger partial charge is 0.303 e. The zero-order chi connectivity index (χ0) is 26.3. The SMILES string of the molecule is O=C(O)CCC(=O)Nc1cccc(C=C(C(=O)NC2CCCCCCCCCCC2)c2ccccc2)c1. The summed E-state index contributed by atoms with van der Waals surface area (Å²) in [4.78, 5) is 36.4. The Morgan fingerprint density at radius 3 is 2.03 bits per heavy atom. The quantitative estimate of drug-likeness (QED) is 0.271. The van der Waals surface area contributed by atoms with E-state index in [1.807, 2.05) is 48.5 Å². The molecule has 2 aromatic rings. The van der Waals surface area contributed by atoms with Gasteiger partial charge >= 0.3 is 5.97 Å². The Balaban J connectivity index is 1.76. The van der Waals surface area contributed by atoms with Crippen LogP contribution in [-0.4, -0.2) is 28.9 Å². The number of benzene rings is 2. The molecule has 2 amide bonds. The van der Waals surface area contributed by atoms with Crippen molar-refractivity contribution in [1.29, 1.82) is 0 Å². The maximum atomic E-state index is 13.6. The van der Waals surface area contributed by atoms with Gasteiger partial charge in [0.15, 0.2) is 0 Å². The Bertz CT molecular complexity index is 1040. The second kappa shape index (κ2) is 15.6. The van der Waals surface area contributed by atoms with Crippen molar-refractivity contribution in [2.75, 3.05) is 5.32 Å². The lowest BCUT2D eigenvalue weighted by molar-refractivity contribution is -0.138. The van der Waals surface area contributed by atoms with Crippen molar-refractivity contribution in [2.24, 2.45) is 0 Å². The number of rotatable bonds is 8. The monoisotopic (exact) mass is 504 g/mol. The summed E-state index contributed by atoms with van der Waals surface area (Å²) in [7, 11) is 0. The van der Waals surface area contributed by atoms with Gasteiger partial charge in [-0.3, -0.25) is 14.4 Å². The average molecular weight is 505 g/mol. The molecule has 37 heavy (non-hydrogen) atoms. The molecule has 1 saturated carbocycles. The van der Waals surface area contributed by atoms with Crippen LogP contribution in [0.5, 0.6) is 0 Å². The predicted molar refractivity (Wildman–Crippen MR) is 149 cm³/mol. The van der Waals surface area contributed by atoms with Crippen molar-refractivity contribution in [3.8, 4) is 0 Å². The Morgan fingerprint density at radius 2 is 1.41 bits per heavy atom. The second-order valence-corrected chi connectivity index (χ2v) is 9.92. The van der Waals surface area contributed by atoms with Crippen molar-refractivity contribution >= 4 is 35.1 Å². The predicted octanol–water partition coefficient (Wildman–Crippen LogP) is 6.82. The minimum atomic E-state index is -1.01. The third-order valence-electron chi connectivity index (χ3n) is 6.82. The molecule has 3 N–H and O–H groups in total. The summed E-state index contributed by atoms with van der Waals surface area (Å²) in [5, 5.41) is 14.9. The molecule has 1 aliphatic carbocycles. The molecule has 2 aromatic carbocycles. The van der Waals surface area contributed by atoms with Gasteiger partial charge in [-0.25, -0.2) is 0 Å². The molecule has 0 saturated heterocycles. The Morgan fingerprint density at radius 1 is 0.784 bits per heavy atom. The lowest BCUT2D eigenvalue weighted by Crippen LogP contribution is -2.35. The summed E-state index contributed by atoms with van der Waals surface area (Å²) in [6.07, 6.45) is 14.8. The van der Waals surface area contributed by atoms with Crippen LogP contribution in [0, 0.1) is 0 Å². The standard InChI is InChI=1S/C31H40N2O4/c34-29(20-21-30(35)36)32-27-19-13-14-24(22-27)23-28(25-15-9-8-10-16-25)31(37)33-26-17-11-6-4-2-1-3-5-7-12-18-26/h8-10,13-16,19,22-23,26H,1-7,11-12,17-18,20-21H2,(H,32,34)(H,33,37)(H,35,36). The molecule has 6 heteroatoms. The van der Waals surface area contributed by atoms with Gasteiger partial charge in [0.05, 0.1) is 6.42 Å². The number of hydrogen-bond donors (Lipinski definition) is 3. The van der Waals surface area contributed by atoms with Crippen molar-refractivity contribution < 1.29 is 19.5 Å². The number of anilines is 1. The lowest BCUT2D eigenvalue weighted by atomic mass is 9.96. The van der Waals surface area contributed by atoms with Crippen LogP contribution in [-0.2, 0) is 14.4 Å². The molecule has 0 atom stereocenters. The van der Waals surface area contributed by atoms with E-state index in [0.717, 1.165) is 36.8 Å². The highest BCUT2D eigenvalue weighted by Gasteiger charge is 2.18. The molecule has 198 valence electrons. The van der Waals surface area contributed by atoms with E-state index in [0.29, 0.717) is 11.3 Å². The molecular weight excluding hydrogens is 464 g/mol. The number of nitrogens with one attached hydrogen (secondary N) is 2. The van der Waals surface area contributed by atoms with E-state index in [4.69, 9.17) is 5.11 Å². The van der Waals surface area contributed by atoms with Gasteiger partial charge in [0, 0.05) is 23.7 Å². The highest BCUT2D eigenvalue weighted by atomic mass is 16.4. The largest absolute Gasteiger partial charge is 0.481 e. The van der Waals surface area contributed by atoms with Crippen LogP contribution in [0.4, 0.5) is 5.69 Å². The summed E-state index contributed by atoms with van der Waals surface area (Å²) < 4.78 is 0. The molecule has 3 rings (SSSR count). The molecule has 0 aliphatic heterocycles. The van der Waals surface area contributed by atoms with Gasteiger partial charge < -0.3 is 15.7 Å². The fraction of sp³-hybridized carbons (Fsp3) is 0.452. The minimum Gasteiger partial charge on any atom is -0.481 e. The van der Waals surface area contributed by atoms with Crippen molar-refractivity contribution in [2.45, 2.75) is 89.5 Å². The molecule has 0 bridgehead atoms. The third kappa shape index (κ3) is 10.6. The van der Waals surface area contributed by atoms with E-state index in [2.05, 4.69) is 10.6 Å². The number of carboxylic acids is 1. The summed E-state index contributed by atoms with van der Waals surface area (Å²) >= 11 is 0. The number of carbonyl (C=O) groups excluding carboxylic acids is 2. The first-order valence-corrected chi connectivity index (χ1v) is 13.7. The molecule has 0 radical (unpaired) electrons. The summed E-state index contributed by atoms with van der Waals surface area (Å²) in [6.45, 7) is 0. The highest BCUT2D eigenvalue weighted by molar-refractivity contribution is 6.24. The molecular formula is C31H40N2O4. The summed E-state index contributed by atoms with van der Waals surface area (Å²) in [5.41, 5.74) is 2.77. The van der Waals surface area contributed by atoms with Crippen LogP contribution < -0.4 is 10.6 Å². The Hall–Kier alpha value is -3.41. The first kappa shape index (κ1) is 28.2. The first-order valence-electron chi connectivity index (χ1n) is 13.7. The van der Waals surface area contributed by atoms with Crippen LogP contribution in [0.25, 0.3) is 11.6 Å². The van der Waals surface area contributed by atoms with Gasteiger partial charge in [0.1, 0.15) is 0 Å². The summed E-state index contributed by atoms with van der Waals surface area (Å²) in [6, 6.07) is 17.1. The zero-order valence-corrected chi connectivity index (χ0v) is 21.7. The van der Waals surface area contributed by atoms with E-state index in [1.54, 1.807) is 12.1 Å². The van der Waals surface area contributed by atoms with Crippen LogP contribution in [0.15, 0.2) is 54.6 Å². The average Bonchev–Trinajstić information content (AvgIpc) is 2.88. The minimum absolute atomic E-state index is 0.0841. The third-order valence-corrected chi connectivity index (χ3v) is 6.82. The number of carboxylic acid groups (broad SMARTS) is 1. The maximum Gasteiger partial charge on any atom is 0.303 e. The van der Waals surface area contributed by atoms with Gasteiger partial charge in [-0.1, -0.05) is 100 Å². The molecule has 0 aromatic heterocycles. The number of amides is 2. The van der Waals surface area contributed by atoms with Crippen LogP contribution >= 0.6 is 0 Å². The second-order valence-electron chi connectivity index (χ2n) is 9.92. The Labute approximate surface area is 220 Å². The van der Waals surface area contributed by atoms with Crippen LogP contribution in [0.1, 0.15) is 94.6 Å². The van der Waals surface area contributed by atoms with Crippen molar-refractivity contribution in [3.63, 3.8) is 0 Å². The van der Waals surface area contributed by atoms with Gasteiger partial charge in [0.2, 0.25) is 5.91 Å². The van der Waals surface area contributed by atoms with Crippen LogP contribution in [0.2, 0.25) is 0 Å². The van der Waals surface area contributed by atoms with E-state index >= 15 is 0 Å². The summed E-state index contributed by atoms with van der Waals surface area (Å²) in [5.74, 6) is -1.45. The number of aliphatic carboxylic acids is 1. The van der Waals surface area contributed by atoms with Gasteiger partial charge in [0.25, 0.3) is 5.91 Å². The molecule has 0 heterocycles. The van der Waals surface area contributed by atoms with E-state index in [9.17, 15) is 14.4 Å². The maximum absolute atomic E-state index is 13.6. The van der Waals surface area contributed by atoms with Crippen molar-refractivity contribution in [1.82, 2.24) is 5.32 Å². The fourth-order valence-corrected chi connectivity index (χ4v) is 4.79. The molecule has 6 nitrogen and oxygen atoms in total. The van der Waals surface area contributed by atoms with Crippen LogP contribution in [0.3, 0.4) is 0 Å². The van der Waals surface area contributed by atoms with E-state index in [-0.39, 0.29) is 30.7 Å². The highest BCUT2D eigenvalue weighted by Crippen LogP contribution is 2.23. The molecule has 1 aliphatic rings. The zero-order valence-electron chi connectivity index (χ0n) is 21.7. The number of hydrogen-bond acceptors (Lipinski definition) is 3. The van der Waals surface area contributed by atoms with E-state index in [1.165, 1.54) is 44.9 Å². The normalized spacial score (nSPS) is 16.2. The lowest BCUT2D eigenvalue weighted by Gasteiger charge is -2.21. The van der Waals surface area contributed by atoms with E-state index < -0.39 is 5.97 Å². The molecule has 0 spiro atoms. The first-order chi connectivity index (χ1) is 18.0. The Kier molecular flexibility index (Phi) is 11.9. The van der Waals surface area contributed by atoms with Gasteiger partial charge in [-0.2, -0.15) is 0 Å². The molecule has 0 unspecified atom stereocenters. The van der Waals surface area contributed by atoms with Crippen molar-refractivity contribution in [3.05, 3.63) is 65.7 Å². The van der Waals surface area contributed by atoms with Gasteiger partial charge in [-0.15, -0.1) is 0 Å².